The number of nitrogens with one attached hydrogen (secondary N) is 2. The quantitative estimate of drug-likeness (QED) is 0.648. The third kappa shape index (κ3) is 4.76. The van der Waals surface area contributed by atoms with Gasteiger partial charge in [0, 0.05) is 37.7 Å². The maximum Gasteiger partial charge on any atom is 0.251 e. The van der Waals surface area contributed by atoms with E-state index >= 15 is 0 Å². The summed E-state index contributed by atoms with van der Waals surface area (Å²) in [7, 11) is -3.61. The number of hydrogen-bond donors (Lipinski definition) is 2. The lowest BCUT2D eigenvalue weighted by molar-refractivity contribution is 0.0953. The van der Waals surface area contributed by atoms with Crippen molar-refractivity contribution in [3.05, 3.63) is 40.4 Å². The summed E-state index contributed by atoms with van der Waals surface area (Å²) in [6, 6.07) is 6.20. The molecule has 1 saturated heterocycles. The zero-order valence-corrected chi connectivity index (χ0v) is 18.4. The molecule has 0 radical (unpaired) electrons. The second-order valence-corrected chi connectivity index (χ2v) is 9.46. The molecular weight excluding hydrogens is 410 g/mol. The molecule has 10 heteroatoms. The van der Waals surface area contributed by atoms with Gasteiger partial charge in [-0.25, -0.2) is 8.42 Å². The first-order chi connectivity index (χ1) is 13.8. The largest absolute Gasteiger partial charge is 0.352 e. The number of nitrogens with zero attached hydrogens (tertiary/aromatic N) is 3. The number of rotatable bonds is 7. The van der Waals surface area contributed by atoms with Gasteiger partial charge in [-0.1, -0.05) is 12.5 Å². The number of carbonyl (C=O) groups excluding carboxylic acids is 1. The van der Waals surface area contributed by atoms with Gasteiger partial charge in [0.1, 0.15) is 5.82 Å². The average molecular weight is 438 g/mol. The maximum absolute atomic E-state index is 13.0. The number of H-pyrrole nitrogens is 1. The molecule has 2 N–H and O–H groups in total. The SMILES string of the molecule is CCn1c(CCNC(=O)c2cccc(S(=O)(=O)N3CCCCC3C)c2)n[nH]c1=S. The number of aromatic amines is 1. The number of benzene rings is 1. The molecule has 158 valence electrons. The highest BCUT2D eigenvalue weighted by Gasteiger charge is 2.31. The molecule has 1 aromatic heterocycles. The molecular formula is C19H27N5O3S2. The highest BCUT2D eigenvalue weighted by atomic mass is 32.2. The Hall–Kier alpha value is -2.04. The fourth-order valence-corrected chi connectivity index (χ4v) is 5.65. The van der Waals surface area contributed by atoms with Crippen molar-refractivity contribution in [1.82, 2.24) is 24.4 Å². The van der Waals surface area contributed by atoms with Gasteiger partial charge in [0.2, 0.25) is 10.0 Å². The van der Waals surface area contributed by atoms with Crippen LogP contribution in [0.4, 0.5) is 0 Å². The first-order valence-corrected chi connectivity index (χ1v) is 11.7. The smallest absolute Gasteiger partial charge is 0.251 e. The molecule has 0 aliphatic carbocycles. The molecule has 1 amide bonds. The average Bonchev–Trinajstić information content (AvgIpc) is 3.07. The summed E-state index contributed by atoms with van der Waals surface area (Å²) in [5.74, 6) is 0.458. The van der Waals surface area contributed by atoms with Crippen LogP contribution < -0.4 is 5.32 Å². The van der Waals surface area contributed by atoms with Crippen molar-refractivity contribution < 1.29 is 13.2 Å². The Bertz CT molecular complexity index is 1030. The van der Waals surface area contributed by atoms with Gasteiger partial charge in [-0.2, -0.15) is 9.40 Å². The van der Waals surface area contributed by atoms with E-state index < -0.39 is 10.0 Å². The van der Waals surface area contributed by atoms with Crippen molar-refractivity contribution in [2.24, 2.45) is 0 Å². The van der Waals surface area contributed by atoms with Crippen LogP contribution in [-0.2, 0) is 23.0 Å². The van der Waals surface area contributed by atoms with E-state index in [-0.39, 0.29) is 16.8 Å². The van der Waals surface area contributed by atoms with E-state index in [9.17, 15) is 13.2 Å². The van der Waals surface area contributed by atoms with Crippen LogP contribution >= 0.6 is 12.2 Å². The van der Waals surface area contributed by atoms with E-state index in [0.29, 0.717) is 36.4 Å². The minimum Gasteiger partial charge on any atom is -0.352 e. The van der Waals surface area contributed by atoms with Gasteiger partial charge < -0.3 is 9.88 Å². The van der Waals surface area contributed by atoms with E-state index in [4.69, 9.17) is 12.2 Å². The third-order valence-corrected chi connectivity index (χ3v) is 7.55. The number of carbonyl (C=O) groups is 1. The standard InChI is InChI=1S/C19H27N5O3S2/c1-3-23-17(21-22-19(23)28)10-11-20-18(25)15-8-6-9-16(13-15)29(26,27)24-12-5-4-7-14(24)2/h6,8-9,13-14H,3-5,7,10-12H2,1-2H3,(H,20,25)(H,22,28). The van der Waals surface area contributed by atoms with E-state index in [2.05, 4.69) is 15.5 Å². The molecule has 2 aromatic rings. The first kappa shape index (κ1) is 21.7. The minimum absolute atomic E-state index is 0.0281. The van der Waals surface area contributed by atoms with Gasteiger partial charge in [-0.15, -0.1) is 0 Å². The molecule has 1 unspecified atom stereocenters. The summed E-state index contributed by atoms with van der Waals surface area (Å²) in [5.41, 5.74) is 0.324. The van der Waals surface area contributed by atoms with Gasteiger partial charge in [0.15, 0.2) is 4.77 Å². The van der Waals surface area contributed by atoms with Gasteiger partial charge in [0.05, 0.1) is 4.90 Å². The van der Waals surface area contributed by atoms with Gasteiger partial charge in [-0.05, 0) is 57.1 Å². The number of aromatic nitrogens is 3. The Balaban J connectivity index is 1.68. The van der Waals surface area contributed by atoms with Crippen LogP contribution in [0.25, 0.3) is 0 Å². The fourth-order valence-electron chi connectivity index (χ4n) is 3.62. The van der Waals surface area contributed by atoms with Crippen LogP contribution in [0.3, 0.4) is 0 Å². The molecule has 2 heterocycles. The summed E-state index contributed by atoms with van der Waals surface area (Å²) >= 11 is 5.16. The molecule has 1 atom stereocenters. The van der Waals surface area contributed by atoms with Crippen LogP contribution in [0.5, 0.6) is 0 Å². The molecule has 0 spiro atoms. The molecule has 0 saturated carbocycles. The third-order valence-electron chi connectivity index (χ3n) is 5.23. The molecule has 1 aliphatic rings. The van der Waals surface area contributed by atoms with Crippen molar-refractivity contribution in [2.75, 3.05) is 13.1 Å². The van der Waals surface area contributed by atoms with E-state index in [1.807, 2.05) is 18.4 Å². The number of amides is 1. The summed E-state index contributed by atoms with van der Waals surface area (Å²) in [5, 5.41) is 9.75. The lowest BCUT2D eigenvalue weighted by Gasteiger charge is -2.32. The van der Waals surface area contributed by atoms with E-state index in [0.717, 1.165) is 25.1 Å². The number of hydrogen-bond acceptors (Lipinski definition) is 5. The maximum atomic E-state index is 13.0. The Morgan fingerprint density at radius 1 is 1.38 bits per heavy atom. The monoisotopic (exact) mass is 437 g/mol. The summed E-state index contributed by atoms with van der Waals surface area (Å²) < 4.78 is 30.0. The predicted octanol–water partition coefficient (Wildman–Crippen LogP) is 2.50. The highest BCUT2D eigenvalue weighted by Crippen LogP contribution is 2.25. The fraction of sp³-hybridized carbons (Fsp3) is 0.526. The molecule has 1 aliphatic heterocycles. The van der Waals surface area contributed by atoms with Crippen LogP contribution in [-0.4, -0.2) is 52.5 Å². The van der Waals surface area contributed by atoms with Crippen LogP contribution in [0, 0.1) is 4.77 Å². The van der Waals surface area contributed by atoms with Gasteiger partial charge >= 0.3 is 0 Å². The van der Waals surface area contributed by atoms with Crippen molar-refractivity contribution in [2.45, 2.75) is 57.0 Å². The summed E-state index contributed by atoms with van der Waals surface area (Å²) in [6.45, 7) is 5.50. The Morgan fingerprint density at radius 2 is 2.17 bits per heavy atom. The van der Waals surface area contributed by atoms with E-state index in [1.54, 1.807) is 22.5 Å². The summed E-state index contributed by atoms with van der Waals surface area (Å²) in [4.78, 5) is 12.7. The van der Waals surface area contributed by atoms with E-state index in [1.165, 1.54) is 6.07 Å². The molecule has 1 aromatic carbocycles. The van der Waals surface area contributed by atoms with Gasteiger partial charge in [-0.3, -0.25) is 9.89 Å². The Labute approximate surface area is 176 Å². The lowest BCUT2D eigenvalue weighted by Crippen LogP contribution is -2.42. The first-order valence-electron chi connectivity index (χ1n) is 9.88. The zero-order chi connectivity index (χ0) is 21.0. The molecule has 0 bridgehead atoms. The molecule has 1 fully saturated rings. The second kappa shape index (κ2) is 9.19. The predicted molar refractivity (Wildman–Crippen MR) is 113 cm³/mol. The van der Waals surface area contributed by atoms with Crippen molar-refractivity contribution in [3.8, 4) is 0 Å². The Morgan fingerprint density at radius 3 is 2.90 bits per heavy atom. The van der Waals surface area contributed by atoms with Crippen molar-refractivity contribution >= 4 is 28.1 Å². The highest BCUT2D eigenvalue weighted by molar-refractivity contribution is 7.89. The number of piperidine rings is 1. The topological polar surface area (TPSA) is 100 Å². The van der Waals surface area contributed by atoms with Crippen molar-refractivity contribution in [1.29, 1.82) is 0 Å². The molecule has 29 heavy (non-hydrogen) atoms. The zero-order valence-electron chi connectivity index (χ0n) is 16.7. The van der Waals surface area contributed by atoms with Crippen LogP contribution in [0.2, 0.25) is 0 Å². The van der Waals surface area contributed by atoms with Crippen LogP contribution in [0.1, 0.15) is 49.3 Å². The normalized spacial score (nSPS) is 17.9. The lowest BCUT2D eigenvalue weighted by atomic mass is 10.1. The number of sulfonamides is 1. The molecule has 8 nitrogen and oxygen atoms in total. The second-order valence-electron chi connectivity index (χ2n) is 7.18. The Kier molecular flexibility index (Phi) is 6.86. The van der Waals surface area contributed by atoms with Crippen LogP contribution in [0.15, 0.2) is 29.2 Å². The van der Waals surface area contributed by atoms with Gasteiger partial charge in [0.25, 0.3) is 5.91 Å². The van der Waals surface area contributed by atoms with Crippen molar-refractivity contribution in [3.63, 3.8) is 0 Å². The molecule has 3 rings (SSSR count). The summed E-state index contributed by atoms with van der Waals surface area (Å²) in [6.07, 6.45) is 3.28. The minimum atomic E-state index is -3.61.